The summed E-state index contributed by atoms with van der Waals surface area (Å²) in [6, 6.07) is 14.9. The number of H-pyrrole nitrogens is 2. The Balaban J connectivity index is 1.36. The zero-order valence-electron chi connectivity index (χ0n) is 24.2. The summed E-state index contributed by atoms with van der Waals surface area (Å²) in [5, 5.41) is 10.5. The van der Waals surface area contributed by atoms with Crippen LogP contribution in [0.3, 0.4) is 0 Å². The van der Waals surface area contributed by atoms with Crippen molar-refractivity contribution in [3.63, 3.8) is 0 Å². The number of aromatic amines is 2. The molecule has 2 aromatic heterocycles. The van der Waals surface area contributed by atoms with Crippen molar-refractivity contribution in [3.05, 3.63) is 89.6 Å². The van der Waals surface area contributed by atoms with Gasteiger partial charge in [-0.05, 0) is 74.6 Å². The van der Waals surface area contributed by atoms with Crippen LogP contribution in [0.5, 0.6) is 0 Å². The molecular formula is C32H43N7O2. The number of carbonyl (C=O) groups excluding carboxylic acids is 2. The van der Waals surface area contributed by atoms with Gasteiger partial charge in [-0.3, -0.25) is 9.59 Å². The number of carbonyl (C=O) groups is 2. The predicted molar refractivity (Wildman–Crippen MR) is 163 cm³/mol. The lowest BCUT2D eigenvalue weighted by Gasteiger charge is -2.23. The first-order valence-electron chi connectivity index (χ1n) is 14.7. The van der Waals surface area contributed by atoms with Crippen LogP contribution in [0.4, 0.5) is 0 Å². The average molecular weight is 558 g/mol. The maximum absolute atomic E-state index is 13.4. The number of aromatic nitrogens is 3. The van der Waals surface area contributed by atoms with Crippen molar-refractivity contribution >= 4 is 22.7 Å². The molecular weight excluding hydrogens is 514 g/mol. The topological polar surface area (TPSA) is 118 Å². The van der Waals surface area contributed by atoms with E-state index in [9.17, 15) is 9.59 Å². The maximum atomic E-state index is 13.4. The summed E-state index contributed by atoms with van der Waals surface area (Å²) < 4.78 is 0. The van der Waals surface area contributed by atoms with Gasteiger partial charge in [-0.15, -0.1) is 0 Å². The largest absolute Gasteiger partial charge is 0.361 e. The summed E-state index contributed by atoms with van der Waals surface area (Å²) in [6.45, 7) is 9.05. The van der Waals surface area contributed by atoms with Gasteiger partial charge in [-0.25, -0.2) is 4.98 Å². The van der Waals surface area contributed by atoms with Crippen molar-refractivity contribution < 1.29 is 9.59 Å². The van der Waals surface area contributed by atoms with Crippen LogP contribution in [-0.2, 0) is 24.4 Å². The molecule has 2 amide bonds. The SMILES string of the molecule is CCCN(CCC)CCC[C@H](NC(=O)c1ccc(CNCc2ncc[nH]2)cc1)C(=O)NCc1c[nH]c2ccccc12. The molecule has 0 bridgehead atoms. The molecule has 0 aliphatic heterocycles. The van der Waals surface area contributed by atoms with Crippen molar-refractivity contribution in [3.8, 4) is 0 Å². The summed E-state index contributed by atoms with van der Waals surface area (Å²) in [7, 11) is 0. The number of nitrogens with one attached hydrogen (secondary N) is 5. The second kappa shape index (κ2) is 15.7. The molecule has 4 aromatic rings. The van der Waals surface area contributed by atoms with Crippen molar-refractivity contribution in [1.29, 1.82) is 0 Å². The van der Waals surface area contributed by atoms with Crippen LogP contribution >= 0.6 is 0 Å². The van der Waals surface area contributed by atoms with Gasteiger partial charge < -0.3 is 30.8 Å². The van der Waals surface area contributed by atoms with Crippen molar-refractivity contribution in [1.82, 2.24) is 35.8 Å². The molecule has 0 radical (unpaired) electrons. The van der Waals surface area contributed by atoms with E-state index in [-0.39, 0.29) is 11.8 Å². The number of nitrogens with zero attached hydrogens (tertiary/aromatic N) is 2. The Morgan fingerprint density at radius 3 is 2.44 bits per heavy atom. The molecule has 218 valence electrons. The van der Waals surface area contributed by atoms with Gasteiger partial charge in [0.1, 0.15) is 11.9 Å². The van der Waals surface area contributed by atoms with E-state index in [0.717, 1.165) is 66.8 Å². The van der Waals surface area contributed by atoms with Crippen LogP contribution in [0.15, 0.2) is 67.1 Å². The smallest absolute Gasteiger partial charge is 0.251 e. The average Bonchev–Trinajstić information content (AvgIpc) is 3.66. The number of benzene rings is 2. The van der Waals surface area contributed by atoms with Gasteiger partial charge in [0.05, 0.1) is 6.54 Å². The van der Waals surface area contributed by atoms with Gasteiger partial charge >= 0.3 is 0 Å². The molecule has 41 heavy (non-hydrogen) atoms. The van der Waals surface area contributed by atoms with E-state index >= 15 is 0 Å². The summed E-state index contributed by atoms with van der Waals surface area (Å²) in [6.07, 6.45) is 9.05. The Kier molecular flexibility index (Phi) is 11.5. The van der Waals surface area contributed by atoms with Crippen LogP contribution in [0.1, 0.15) is 66.8 Å². The molecule has 0 fully saturated rings. The fraction of sp³-hybridized carbons (Fsp3) is 0.406. The van der Waals surface area contributed by atoms with E-state index in [0.29, 0.717) is 31.6 Å². The van der Waals surface area contributed by atoms with Gasteiger partial charge in [-0.1, -0.05) is 44.2 Å². The normalized spacial score (nSPS) is 12.1. The Morgan fingerprint density at radius 1 is 0.927 bits per heavy atom. The molecule has 1 atom stereocenters. The Hall–Kier alpha value is -3.95. The lowest BCUT2D eigenvalue weighted by molar-refractivity contribution is -0.123. The molecule has 0 aliphatic rings. The number of hydrogen-bond acceptors (Lipinski definition) is 5. The number of imidazole rings is 1. The molecule has 0 unspecified atom stereocenters. The van der Waals surface area contributed by atoms with Crippen molar-refractivity contribution in [2.45, 2.75) is 65.2 Å². The number of para-hydroxylation sites is 1. The molecule has 2 aromatic carbocycles. The highest BCUT2D eigenvalue weighted by Gasteiger charge is 2.22. The van der Waals surface area contributed by atoms with Gasteiger partial charge in [0, 0.05) is 48.1 Å². The summed E-state index contributed by atoms with van der Waals surface area (Å²) in [5.74, 6) is 0.466. The molecule has 9 nitrogen and oxygen atoms in total. The van der Waals surface area contributed by atoms with E-state index < -0.39 is 6.04 Å². The molecule has 0 aliphatic carbocycles. The summed E-state index contributed by atoms with van der Waals surface area (Å²) >= 11 is 0. The van der Waals surface area contributed by atoms with Gasteiger partial charge in [0.2, 0.25) is 5.91 Å². The maximum Gasteiger partial charge on any atom is 0.251 e. The zero-order valence-corrected chi connectivity index (χ0v) is 24.2. The molecule has 4 rings (SSSR count). The van der Waals surface area contributed by atoms with Crippen LogP contribution in [-0.4, -0.2) is 57.3 Å². The van der Waals surface area contributed by atoms with Gasteiger partial charge in [0.15, 0.2) is 0 Å². The summed E-state index contributed by atoms with van der Waals surface area (Å²) in [5.41, 5.74) is 3.65. The highest BCUT2D eigenvalue weighted by Crippen LogP contribution is 2.17. The van der Waals surface area contributed by atoms with Gasteiger partial charge in [-0.2, -0.15) is 0 Å². The van der Waals surface area contributed by atoms with Crippen LogP contribution < -0.4 is 16.0 Å². The molecule has 2 heterocycles. The lowest BCUT2D eigenvalue weighted by atomic mass is 10.1. The number of rotatable bonds is 17. The van der Waals surface area contributed by atoms with E-state index in [1.54, 1.807) is 12.4 Å². The second-order valence-electron chi connectivity index (χ2n) is 10.4. The highest BCUT2D eigenvalue weighted by atomic mass is 16.2. The van der Waals surface area contributed by atoms with E-state index in [2.05, 4.69) is 49.6 Å². The third-order valence-electron chi connectivity index (χ3n) is 7.19. The van der Waals surface area contributed by atoms with Gasteiger partial charge in [0.25, 0.3) is 5.91 Å². The first kappa shape index (κ1) is 30.0. The quantitative estimate of drug-likeness (QED) is 0.131. The third-order valence-corrected chi connectivity index (χ3v) is 7.19. The van der Waals surface area contributed by atoms with Crippen molar-refractivity contribution in [2.24, 2.45) is 0 Å². The first-order valence-corrected chi connectivity index (χ1v) is 14.7. The molecule has 9 heteroatoms. The lowest BCUT2D eigenvalue weighted by Crippen LogP contribution is -2.47. The molecule has 0 saturated heterocycles. The Labute approximate surface area is 242 Å². The number of amides is 2. The molecule has 0 saturated carbocycles. The minimum atomic E-state index is -0.618. The Morgan fingerprint density at radius 2 is 1.71 bits per heavy atom. The molecule has 5 N–H and O–H groups in total. The minimum Gasteiger partial charge on any atom is -0.361 e. The summed E-state index contributed by atoms with van der Waals surface area (Å²) in [4.78, 5) is 39.6. The fourth-order valence-corrected chi connectivity index (χ4v) is 5.07. The minimum absolute atomic E-state index is 0.167. The first-order chi connectivity index (χ1) is 20.1. The number of hydrogen-bond donors (Lipinski definition) is 5. The van der Waals surface area contributed by atoms with E-state index in [1.165, 1.54) is 0 Å². The third kappa shape index (κ3) is 9.03. The van der Waals surface area contributed by atoms with Crippen LogP contribution in [0.2, 0.25) is 0 Å². The van der Waals surface area contributed by atoms with Crippen LogP contribution in [0, 0.1) is 0 Å². The highest BCUT2D eigenvalue weighted by molar-refractivity contribution is 5.97. The number of fused-ring (bicyclic) bond motifs is 1. The molecule has 0 spiro atoms. The van der Waals surface area contributed by atoms with E-state index in [1.807, 2.05) is 54.7 Å². The predicted octanol–water partition coefficient (Wildman–Crippen LogP) is 4.50. The van der Waals surface area contributed by atoms with Crippen LogP contribution in [0.25, 0.3) is 10.9 Å². The second-order valence-corrected chi connectivity index (χ2v) is 10.4. The van der Waals surface area contributed by atoms with Crippen molar-refractivity contribution in [2.75, 3.05) is 19.6 Å². The Bertz CT molecular complexity index is 1340. The van der Waals surface area contributed by atoms with E-state index in [4.69, 9.17) is 0 Å². The fourth-order valence-electron chi connectivity index (χ4n) is 5.07. The monoisotopic (exact) mass is 557 g/mol. The zero-order chi connectivity index (χ0) is 28.9. The standard InChI is InChI=1S/C32H43N7O2/c1-3-17-39(18-4-2)19-7-10-29(32(41)37-22-26-21-36-28-9-6-5-8-27(26)28)38-31(40)25-13-11-24(12-14-25)20-33-23-30-34-15-16-35-30/h5-6,8-9,11-16,21,29,33,36H,3-4,7,10,17-20,22-23H2,1-2H3,(H,34,35)(H,37,41)(H,38,40)/t29-/m0/s1.